The third kappa shape index (κ3) is 5.26. The molecular weight excluding hydrogens is 554 g/mol. The second kappa shape index (κ2) is 10.3. The Morgan fingerprint density at radius 2 is 1.95 bits per heavy atom. The third-order valence-electron chi connectivity index (χ3n) is 8.12. The molecule has 4 aromatic heterocycles. The van der Waals surface area contributed by atoms with Gasteiger partial charge in [-0.1, -0.05) is 11.6 Å². The van der Waals surface area contributed by atoms with Crippen molar-refractivity contribution in [2.24, 2.45) is 17.8 Å². The molecule has 0 spiro atoms. The fourth-order valence-electron chi connectivity index (χ4n) is 6.24. The average molecular weight is 586 g/mol. The Morgan fingerprint density at radius 3 is 2.60 bits per heavy atom. The van der Waals surface area contributed by atoms with Crippen LogP contribution in [0.1, 0.15) is 43.7 Å². The van der Waals surface area contributed by atoms with Crippen molar-refractivity contribution < 1.29 is 14.6 Å². The molecule has 1 amide bonds. The minimum atomic E-state index is -0.997. The van der Waals surface area contributed by atoms with Crippen LogP contribution < -0.4 is 15.0 Å². The van der Waals surface area contributed by atoms with Crippen LogP contribution in [-0.2, 0) is 0 Å². The van der Waals surface area contributed by atoms with E-state index in [0.29, 0.717) is 39.6 Å². The number of aromatic nitrogens is 4. The summed E-state index contributed by atoms with van der Waals surface area (Å²) in [6.07, 6.45) is 6.61. The molecule has 1 saturated carbocycles. The number of hydrogen-bond donors (Lipinski definition) is 2. The van der Waals surface area contributed by atoms with Crippen molar-refractivity contribution in [1.29, 1.82) is 5.26 Å². The lowest BCUT2D eigenvalue weighted by Gasteiger charge is -2.31. The first-order valence-electron chi connectivity index (χ1n) is 13.9. The monoisotopic (exact) mass is 585 g/mol. The summed E-state index contributed by atoms with van der Waals surface area (Å²) in [4.78, 5) is 24.1. The standard InChI is InChI=1S/C31H32ClN7O3/c1-30(2,41)17-42-20-10-21(28-19(11-33)13-36-39(28)14-20)18-7-8-25(35-12-18)38-15-22-23(16-38)26(22)31(3,4)37-29(40)27-24(32)6-5-9-34-27/h5-10,12-14,22-23,26,41H,15-17H2,1-4H3,(H,37,40)/t22-,23+,26+. The number of carbonyl (C=O) groups is 1. The number of anilines is 1. The van der Waals surface area contributed by atoms with E-state index in [9.17, 15) is 15.2 Å². The molecule has 0 aromatic carbocycles. The van der Waals surface area contributed by atoms with E-state index in [-0.39, 0.29) is 18.2 Å². The van der Waals surface area contributed by atoms with E-state index < -0.39 is 11.1 Å². The molecule has 3 atom stereocenters. The second-order valence-corrected chi connectivity index (χ2v) is 12.7. The van der Waals surface area contributed by atoms with Crippen molar-refractivity contribution in [3.05, 3.63) is 71.4 Å². The summed E-state index contributed by atoms with van der Waals surface area (Å²) in [5.74, 6) is 2.41. The van der Waals surface area contributed by atoms with Crippen LogP contribution in [0.25, 0.3) is 16.6 Å². The molecule has 2 N–H and O–H groups in total. The molecule has 11 heteroatoms. The van der Waals surface area contributed by atoms with Gasteiger partial charge in [0.2, 0.25) is 0 Å². The first-order chi connectivity index (χ1) is 19.9. The van der Waals surface area contributed by atoms with Gasteiger partial charge < -0.3 is 20.1 Å². The minimum absolute atomic E-state index is 0.108. The number of aliphatic hydroxyl groups is 1. The van der Waals surface area contributed by atoms with E-state index in [4.69, 9.17) is 21.3 Å². The maximum absolute atomic E-state index is 12.9. The number of fused-ring (bicyclic) bond motifs is 2. The van der Waals surface area contributed by atoms with Gasteiger partial charge >= 0.3 is 0 Å². The van der Waals surface area contributed by atoms with Gasteiger partial charge in [0.25, 0.3) is 5.91 Å². The van der Waals surface area contributed by atoms with Crippen molar-refractivity contribution in [3.63, 3.8) is 0 Å². The zero-order chi connectivity index (χ0) is 29.8. The van der Waals surface area contributed by atoms with Crippen LogP contribution in [0.2, 0.25) is 5.02 Å². The number of ether oxygens (including phenoxy) is 1. The number of hydrogen-bond acceptors (Lipinski definition) is 8. The Kier molecular flexibility index (Phi) is 6.83. The predicted molar refractivity (Wildman–Crippen MR) is 158 cm³/mol. The number of nitrogens with one attached hydrogen (secondary N) is 1. The first kappa shape index (κ1) is 27.9. The number of rotatable bonds is 8. The lowest BCUT2D eigenvalue weighted by atomic mass is 9.94. The molecule has 1 aliphatic heterocycles. The molecule has 1 aliphatic carbocycles. The number of amides is 1. The van der Waals surface area contributed by atoms with Gasteiger partial charge in [0.15, 0.2) is 0 Å². The van der Waals surface area contributed by atoms with Crippen LogP contribution in [0.3, 0.4) is 0 Å². The highest BCUT2D eigenvalue weighted by atomic mass is 35.5. The van der Waals surface area contributed by atoms with Crippen LogP contribution >= 0.6 is 11.6 Å². The number of halogens is 1. The largest absolute Gasteiger partial charge is 0.489 e. The molecular formula is C31H32ClN7O3. The van der Waals surface area contributed by atoms with Crippen LogP contribution in [0.5, 0.6) is 5.75 Å². The molecule has 4 aromatic rings. The van der Waals surface area contributed by atoms with Gasteiger partial charge in [-0.2, -0.15) is 10.4 Å². The van der Waals surface area contributed by atoms with Gasteiger partial charge in [-0.05, 0) is 75.8 Å². The molecule has 0 bridgehead atoms. The molecule has 216 valence electrons. The fraction of sp³-hybridized carbons (Fsp3) is 0.387. The van der Waals surface area contributed by atoms with Crippen molar-refractivity contribution in [2.75, 3.05) is 24.6 Å². The molecule has 10 nitrogen and oxygen atoms in total. The summed E-state index contributed by atoms with van der Waals surface area (Å²) in [5, 5.41) is 27.6. The topological polar surface area (TPSA) is 129 Å². The highest BCUT2D eigenvalue weighted by molar-refractivity contribution is 6.33. The predicted octanol–water partition coefficient (Wildman–Crippen LogP) is 4.36. The maximum Gasteiger partial charge on any atom is 0.271 e. The van der Waals surface area contributed by atoms with Gasteiger partial charge in [0.1, 0.15) is 29.9 Å². The number of nitrogens with zero attached hydrogens (tertiary/aromatic N) is 6. The van der Waals surface area contributed by atoms with E-state index in [1.165, 1.54) is 6.20 Å². The molecule has 5 heterocycles. The van der Waals surface area contributed by atoms with Crippen LogP contribution in [0, 0.1) is 29.1 Å². The molecule has 0 radical (unpaired) electrons. The Morgan fingerprint density at radius 1 is 1.19 bits per heavy atom. The lowest BCUT2D eigenvalue weighted by Crippen LogP contribution is -2.48. The minimum Gasteiger partial charge on any atom is -0.489 e. The molecule has 0 unspecified atom stereocenters. The Hall–Kier alpha value is -4.20. The van der Waals surface area contributed by atoms with Crippen molar-refractivity contribution in [3.8, 4) is 22.9 Å². The Bertz CT molecular complexity index is 1690. The van der Waals surface area contributed by atoms with Gasteiger partial charge in [-0.25, -0.2) is 14.5 Å². The van der Waals surface area contributed by atoms with E-state index in [1.54, 1.807) is 49.1 Å². The summed E-state index contributed by atoms with van der Waals surface area (Å²) in [6, 6.07) is 11.4. The molecule has 2 aliphatic rings. The summed E-state index contributed by atoms with van der Waals surface area (Å²) >= 11 is 6.18. The van der Waals surface area contributed by atoms with E-state index in [2.05, 4.69) is 40.2 Å². The average Bonchev–Trinajstić information content (AvgIpc) is 3.26. The van der Waals surface area contributed by atoms with E-state index in [1.807, 2.05) is 18.2 Å². The lowest BCUT2D eigenvalue weighted by molar-refractivity contribution is 0.0283. The third-order valence-corrected chi connectivity index (χ3v) is 8.42. The van der Waals surface area contributed by atoms with Crippen LogP contribution in [-0.4, -0.2) is 61.4 Å². The molecule has 2 fully saturated rings. The molecule has 42 heavy (non-hydrogen) atoms. The van der Waals surface area contributed by atoms with Crippen molar-refractivity contribution in [1.82, 2.24) is 24.9 Å². The summed E-state index contributed by atoms with van der Waals surface area (Å²) in [5.41, 5.74) is 1.57. The van der Waals surface area contributed by atoms with E-state index >= 15 is 0 Å². The highest BCUT2D eigenvalue weighted by Gasteiger charge is 2.62. The normalized spacial score (nSPS) is 19.8. The maximum atomic E-state index is 12.9. The van der Waals surface area contributed by atoms with E-state index in [0.717, 1.165) is 30.0 Å². The van der Waals surface area contributed by atoms with Crippen molar-refractivity contribution in [2.45, 2.75) is 38.8 Å². The van der Waals surface area contributed by atoms with Gasteiger partial charge in [0, 0.05) is 42.1 Å². The van der Waals surface area contributed by atoms with Gasteiger partial charge in [0.05, 0.1) is 34.1 Å². The molecule has 6 rings (SSSR count). The SMILES string of the molecule is CC(C)(O)COc1cc(-c2ccc(N3C[C@@H]4[C@H](C3)[C@H]4C(C)(C)NC(=O)c3ncccc3Cl)nc2)c2c(C#N)cnn2c1. The summed E-state index contributed by atoms with van der Waals surface area (Å²) in [7, 11) is 0. The highest BCUT2D eigenvalue weighted by Crippen LogP contribution is 2.57. The number of nitriles is 1. The smallest absolute Gasteiger partial charge is 0.271 e. The number of carbonyl (C=O) groups excluding carboxylic acids is 1. The van der Waals surface area contributed by atoms with Crippen LogP contribution in [0.15, 0.2) is 55.1 Å². The number of pyridine rings is 3. The Balaban J connectivity index is 1.16. The van der Waals surface area contributed by atoms with Gasteiger partial charge in [-0.3, -0.25) is 4.79 Å². The fourth-order valence-corrected chi connectivity index (χ4v) is 6.45. The van der Waals surface area contributed by atoms with Crippen LogP contribution in [0.4, 0.5) is 5.82 Å². The zero-order valence-electron chi connectivity index (χ0n) is 23.9. The second-order valence-electron chi connectivity index (χ2n) is 12.3. The summed E-state index contributed by atoms with van der Waals surface area (Å²) < 4.78 is 7.46. The van der Waals surface area contributed by atoms with Crippen molar-refractivity contribution >= 4 is 28.8 Å². The summed E-state index contributed by atoms with van der Waals surface area (Å²) in [6.45, 7) is 9.31. The Labute approximate surface area is 248 Å². The number of piperidine rings is 1. The first-order valence-corrected chi connectivity index (χ1v) is 14.2. The quantitative estimate of drug-likeness (QED) is 0.312. The zero-order valence-corrected chi connectivity index (χ0v) is 24.6. The van der Waals surface area contributed by atoms with Gasteiger partial charge in [-0.15, -0.1) is 0 Å². The molecule has 1 saturated heterocycles.